The van der Waals surface area contributed by atoms with E-state index in [9.17, 15) is 19.7 Å². The summed E-state index contributed by atoms with van der Waals surface area (Å²) in [5, 5.41) is 14.4. The highest BCUT2D eigenvalue weighted by atomic mass is 35.5. The molecule has 0 aliphatic heterocycles. The minimum absolute atomic E-state index is 0.0662. The maximum Gasteiger partial charge on any atom is 0.350 e. The molecule has 31 heavy (non-hydrogen) atoms. The molecule has 0 unspecified atom stereocenters. The van der Waals surface area contributed by atoms with Crippen LogP contribution in [0.5, 0.6) is 11.5 Å². The number of fused-ring (bicyclic) bond motifs is 1. The smallest absolute Gasteiger partial charge is 0.350 e. The number of thiophene rings is 1. The van der Waals surface area contributed by atoms with Gasteiger partial charge in [0.15, 0.2) is 6.61 Å². The van der Waals surface area contributed by atoms with Crippen molar-refractivity contribution in [2.75, 3.05) is 26.1 Å². The number of carbonyl (C=O) groups excluding carboxylic acids is 2. The van der Waals surface area contributed by atoms with Gasteiger partial charge >= 0.3 is 5.97 Å². The molecule has 3 rings (SSSR count). The Kier molecular flexibility index (Phi) is 6.84. The lowest BCUT2D eigenvalue weighted by atomic mass is 10.2. The monoisotopic (exact) mass is 484 g/mol. The number of amides is 1. The van der Waals surface area contributed by atoms with Gasteiger partial charge in [-0.1, -0.05) is 23.2 Å². The van der Waals surface area contributed by atoms with E-state index in [1.807, 2.05) is 0 Å². The summed E-state index contributed by atoms with van der Waals surface area (Å²) in [6.07, 6.45) is 0. The van der Waals surface area contributed by atoms with Gasteiger partial charge in [0, 0.05) is 17.5 Å². The van der Waals surface area contributed by atoms with Gasteiger partial charge in [0.25, 0.3) is 11.6 Å². The van der Waals surface area contributed by atoms with Crippen molar-refractivity contribution in [3.05, 3.63) is 55.4 Å². The standard InChI is InChI=1S/C19H14Cl2N2O7S/c1-28-12-5-3-9(23(26)27)7-11(12)22-14(24)8-30-19(25)18-15(20)10-4-6-13(29-2)16(21)17(10)31-18/h3-7H,8H2,1-2H3,(H,22,24). The van der Waals surface area contributed by atoms with E-state index in [4.69, 9.17) is 37.4 Å². The van der Waals surface area contributed by atoms with Gasteiger partial charge in [0.1, 0.15) is 21.4 Å². The molecule has 1 N–H and O–H groups in total. The molecule has 162 valence electrons. The molecule has 1 heterocycles. The number of nitrogens with one attached hydrogen (secondary N) is 1. The fourth-order valence-corrected chi connectivity index (χ4v) is 4.44. The maximum absolute atomic E-state index is 12.5. The molecule has 0 radical (unpaired) electrons. The molecule has 9 nitrogen and oxygen atoms in total. The molecule has 0 bridgehead atoms. The molecule has 0 atom stereocenters. The molecule has 0 aliphatic carbocycles. The highest BCUT2D eigenvalue weighted by Crippen LogP contribution is 2.43. The van der Waals surface area contributed by atoms with Crippen molar-refractivity contribution in [2.45, 2.75) is 0 Å². The molecule has 2 aromatic carbocycles. The maximum atomic E-state index is 12.5. The number of nitrogens with zero attached hydrogens (tertiary/aromatic N) is 1. The van der Waals surface area contributed by atoms with Gasteiger partial charge < -0.3 is 19.5 Å². The number of anilines is 1. The fourth-order valence-electron chi connectivity index (χ4n) is 2.66. The van der Waals surface area contributed by atoms with Crippen molar-refractivity contribution in [1.29, 1.82) is 0 Å². The van der Waals surface area contributed by atoms with E-state index < -0.39 is 23.4 Å². The van der Waals surface area contributed by atoms with Crippen LogP contribution in [0.1, 0.15) is 9.67 Å². The van der Waals surface area contributed by atoms with Crippen LogP contribution >= 0.6 is 34.5 Å². The number of carbonyl (C=O) groups is 2. The van der Waals surface area contributed by atoms with Crippen LogP contribution in [0.15, 0.2) is 30.3 Å². The Hall–Kier alpha value is -3.08. The lowest BCUT2D eigenvalue weighted by Crippen LogP contribution is -2.21. The topological polar surface area (TPSA) is 117 Å². The Balaban J connectivity index is 1.73. The van der Waals surface area contributed by atoms with Crippen LogP contribution in [0, 0.1) is 10.1 Å². The number of hydrogen-bond acceptors (Lipinski definition) is 8. The first-order chi connectivity index (χ1) is 14.8. The molecular weight excluding hydrogens is 471 g/mol. The SMILES string of the molecule is COc1ccc([N+](=O)[O-])cc1NC(=O)COC(=O)c1sc2c(Cl)c(OC)ccc2c1Cl. The van der Waals surface area contributed by atoms with Gasteiger partial charge in [-0.25, -0.2) is 4.79 Å². The molecule has 0 fully saturated rings. The molecular formula is C19H14Cl2N2O7S. The average molecular weight is 485 g/mol. The summed E-state index contributed by atoms with van der Waals surface area (Å²) in [5.74, 6) is -0.898. The largest absolute Gasteiger partial charge is 0.495 e. The number of ether oxygens (including phenoxy) is 3. The molecule has 3 aromatic rings. The third-order valence-corrected chi connectivity index (χ3v) is 6.30. The Morgan fingerprint density at radius 1 is 1.10 bits per heavy atom. The van der Waals surface area contributed by atoms with Crippen molar-refractivity contribution in [1.82, 2.24) is 0 Å². The number of benzene rings is 2. The van der Waals surface area contributed by atoms with Crippen LogP contribution < -0.4 is 14.8 Å². The minimum atomic E-state index is -0.817. The summed E-state index contributed by atoms with van der Waals surface area (Å²) < 4.78 is 15.8. The lowest BCUT2D eigenvalue weighted by molar-refractivity contribution is -0.384. The number of hydrogen-bond donors (Lipinski definition) is 1. The predicted molar refractivity (Wildman–Crippen MR) is 117 cm³/mol. The molecule has 0 spiro atoms. The van der Waals surface area contributed by atoms with Gasteiger partial charge in [-0.3, -0.25) is 14.9 Å². The molecule has 0 saturated carbocycles. The molecule has 0 aliphatic rings. The summed E-state index contributed by atoms with van der Waals surface area (Å²) in [4.78, 5) is 35.1. The van der Waals surface area contributed by atoms with E-state index in [2.05, 4.69) is 5.32 Å². The average Bonchev–Trinajstić information content (AvgIpc) is 3.09. The second-order valence-electron chi connectivity index (χ2n) is 5.97. The number of non-ortho nitro benzene ring substituents is 1. The second-order valence-corrected chi connectivity index (χ2v) is 7.75. The second kappa shape index (κ2) is 9.38. The van der Waals surface area contributed by atoms with E-state index in [0.717, 1.165) is 17.4 Å². The Morgan fingerprint density at radius 3 is 2.42 bits per heavy atom. The predicted octanol–water partition coefficient (Wildman–Crippen LogP) is 4.93. The molecule has 0 saturated heterocycles. The van der Waals surface area contributed by atoms with Gasteiger partial charge in [-0.05, 0) is 18.2 Å². The number of nitro benzene ring substituents is 1. The zero-order valence-corrected chi connectivity index (χ0v) is 18.4. The normalized spacial score (nSPS) is 10.6. The van der Waals surface area contributed by atoms with E-state index >= 15 is 0 Å². The minimum Gasteiger partial charge on any atom is -0.495 e. The van der Waals surface area contributed by atoms with Crippen LogP contribution in [0.25, 0.3) is 10.1 Å². The Labute approximate surface area is 189 Å². The summed E-state index contributed by atoms with van der Waals surface area (Å²) in [5.41, 5.74) is -0.172. The summed E-state index contributed by atoms with van der Waals surface area (Å²) in [7, 11) is 2.81. The van der Waals surface area contributed by atoms with E-state index in [0.29, 0.717) is 20.9 Å². The molecule has 1 aromatic heterocycles. The van der Waals surface area contributed by atoms with Crippen molar-refractivity contribution in [3.8, 4) is 11.5 Å². The van der Waals surface area contributed by atoms with Crippen LogP contribution in [-0.4, -0.2) is 37.6 Å². The van der Waals surface area contributed by atoms with Gasteiger partial charge in [0.2, 0.25) is 0 Å². The Morgan fingerprint density at radius 2 is 1.77 bits per heavy atom. The van der Waals surface area contributed by atoms with Gasteiger partial charge in [-0.15, -0.1) is 11.3 Å². The summed E-state index contributed by atoms with van der Waals surface area (Å²) in [6.45, 7) is -0.647. The zero-order chi connectivity index (χ0) is 22.7. The number of methoxy groups -OCH3 is 2. The van der Waals surface area contributed by atoms with Gasteiger partial charge in [-0.2, -0.15) is 0 Å². The fraction of sp³-hybridized carbons (Fsp3) is 0.158. The first-order valence-corrected chi connectivity index (χ1v) is 10.1. The van der Waals surface area contributed by atoms with Crippen LogP contribution in [-0.2, 0) is 9.53 Å². The summed E-state index contributed by atoms with van der Waals surface area (Å²) >= 11 is 13.6. The van der Waals surface area contributed by atoms with Gasteiger partial charge in [0.05, 0.1) is 34.6 Å². The molecule has 12 heteroatoms. The van der Waals surface area contributed by atoms with E-state index in [1.54, 1.807) is 12.1 Å². The lowest BCUT2D eigenvalue weighted by Gasteiger charge is -2.10. The Bertz CT molecular complexity index is 1200. The van der Waals surface area contributed by atoms with E-state index in [1.165, 1.54) is 26.4 Å². The third-order valence-electron chi connectivity index (χ3n) is 4.11. The first kappa shape index (κ1) is 22.6. The van der Waals surface area contributed by atoms with Crippen LogP contribution in [0.2, 0.25) is 10.0 Å². The highest BCUT2D eigenvalue weighted by Gasteiger charge is 2.22. The number of halogens is 2. The van der Waals surface area contributed by atoms with Crippen molar-refractivity contribution in [2.24, 2.45) is 0 Å². The van der Waals surface area contributed by atoms with Crippen molar-refractivity contribution in [3.63, 3.8) is 0 Å². The number of esters is 1. The highest BCUT2D eigenvalue weighted by molar-refractivity contribution is 7.22. The van der Waals surface area contributed by atoms with Crippen molar-refractivity contribution < 1.29 is 28.7 Å². The number of nitro groups is 1. The zero-order valence-electron chi connectivity index (χ0n) is 16.1. The van der Waals surface area contributed by atoms with Crippen molar-refractivity contribution >= 4 is 67.9 Å². The molecule has 1 amide bonds. The quantitative estimate of drug-likeness (QED) is 0.287. The first-order valence-electron chi connectivity index (χ1n) is 8.50. The number of rotatable bonds is 7. The van der Waals surface area contributed by atoms with Crippen LogP contribution in [0.4, 0.5) is 11.4 Å². The van der Waals surface area contributed by atoms with Crippen LogP contribution in [0.3, 0.4) is 0 Å². The van der Waals surface area contributed by atoms with E-state index in [-0.39, 0.29) is 27.0 Å². The third kappa shape index (κ3) is 4.66. The summed E-state index contributed by atoms with van der Waals surface area (Å²) in [6, 6.07) is 7.00.